The lowest BCUT2D eigenvalue weighted by atomic mass is 10.0. The summed E-state index contributed by atoms with van der Waals surface area (Å²) >= 11 is 0. The number of halogens is 3. The monoisotopic (exact) mass is 360 g/mol. The fourth-order valence-corrected chi connectivity index (χ4v) is 2.91. The predicted molar refractivity (Wildman–Crippen MR) is 92.6 cm³/mol. The van der Waals surface area contributed by atoms with Crippen molar-refractivity contribution in [3.05, 3.63) is 59.9 Å². The van der Waals surface area contributed by atoms with Crippen LogP contribution in [0.3, 0.4) is 0 Å². The molecule has 9 heteroatoms. The molecule has 1 aromatic carbocycles. The standard InChI is InChI=1S/C17H15F3N6/c18-16(19,20)9-24-15-12-5-7-23-14(12)25-17(21,26-15)11-3-4-13-10(8-11)2-1-6-22-13/h1-8,23,25H,9,21H2,(H,24,26). The first-order valence-electron chi connectivity index (χ1n) is 7.83. The molecule has 0 spiro atoms. The number of alkyl halides is 3. The first-order chi connectivity index (χ1) is 12.3. The average Bonchev–Trinajstić information content (AvgIpc) is 3.06. The third-order valence-electron chi connectivity index (χ3n) is 4.11. The highest BCUT2D eigenvalue weighted by atomic mass is 19.4. The number of pyridine rings is 1. The van der Waals surface area contributed by atoms with E-state index in [9.17, 15) is 13.2 Å². The van der Waals surface area contributed by atoms with Gasteiger partial charge in [-0.3, -0.25) is 15.7 Å². The van der Waals surface area contributed by atoms with Crippen LogP contribution in [0, 0.1) is 0 Å². The average molecular weight is 360 g/mol. The lowest BCUT2D eigenvalue weighted by molar-refractivity contribution is -0.118. The van der Waals surface area contributed by atoms with Crippen LogP contribution in [0.4, 0.5) is 19.0 Å². The smallest absolute Gasteiger partial charge is 0.348 e. The molecule has 1 aliphatic heterocycles. The Kier molecular flexibility index (Phi) is 3.62. The zero-order chi connectivity index (χ0) is 18.4. The summed E-state index contributed by atoms with van der Waals surface area (Å²) in [5.74, 6) is -0.753. The van der Waals surface area contributed by atoms with Crippen LogP contribution in [0.2, 0.25) is 0 Å². The maximum absolute atomic E-state index is 12.6. The van der Waals surface area contributed by atoms with Gasteiger partial charge in [-0.05, 0) is 24.3 Å². The molecule has 2 aromatic heterocycles. The molecule has 5 N–H and O–H groups in total. The van der Waals surface area contributed by atoms with Gasteiger partial charge in [-0.25, -0.2) is 0 Å². The number of fused-ring (bicyclic) bond motifs is 2. The Bertz CT molecular complexity index is 993. The van der Waals surface area contributed by atoms with Gasteiger partial charge in [-0.2, -0.15) is 13.2 Å². The van der Waals surface area contributed by atoms with Crippen LogP contribution in [0.1, 0.15) is 11.1 Å². The van der Waals surface area contributed by atoms with Crippen molar-refractivity contribution in [3.8, 4) is 0 Å². The van der Waals surface area contributed by atoms with E-state index in [1.165, 1.54) is 0 Å². The van der Waals surface area contributed by atoms with E-state index in [1.807, 2.05) is 12.1 Å². The van der Waals surface area contributed by atoms with Crippen molar-refractivity contribution >= 4 is 22.6 Å². The minimum atomic E-state index is -4.40. The number of nitrogens with zero attached hydrogens (tertiary/aromatic N) is 2. The van der Waals surface area contributed by atoms with E-state index < -0.39 is 18.5 Å². The van der Waals surface area contributed by atoms with Gasteiger partial charge in [0.2, 0.25) is 0 Å². The number of aliphatic imine (C=N–C) groups is 1. The summed E-state index contributed by atoms with van der Waals surface area (Å²) in [6, 6.07) is 10.7. The highest BCUT2D eigenvalue weighted by Crippen LogP contribution is 2.29. The molecule has 0 amide bonds. The lowest BCUT2D eigenvalue weighted by Gasteiger charge is -2.38. The van der Waals surface area contributed by atoms with Crippen LogP contribution >= 0.6 is 0 Å². The number of benzene rings is 1. The molecular formula is C17H15F3N6. The normalized spacial score (nSPS) is 21.3. The van der Waals surface area contributed by atoms with Crippen molar-refractivity contribution in [2.24, 2.45) is 10.7 Å². The number of hydrogen-bond donors (Lipinski definition) is 4. The molecule has 0 saturated carbocycles. The highest BCUT2D eigenvalue weighted by molar-refractivity contribution is 6.05. The molecule has 3 aromatic rings. The van der Waals surface area contributed by atoms with Crippen LogP contribution in [0.25, 0.3) is 10.9 Å². The lowest BCUT2D eigenvalue weighted by Crippen LogP contribution is -2.61. The summed E-state index contributed by atoms with van der Waals surface area (Å²) < 4.78 is 37.8. The number of aromatic nitrogens is 2. The third-order valence-corrected chi connectivity index (χ3v) is 4.11. The second-order valence-electron chi connectivity index (χ2n) is 6.02. The molecule has 134 valence electrons. The largest absolute Gasteiger partial charge is 0.408 e. The van der Waals surface area contributed by atoms with Crippen molar-refractivity contribution in [3.63, 3.8) is 0 Å². The molecule has 1 atom stereocenters. The van der Waals surface area contributed by atoms with E-state index in [4.69, 9.17) is 5.73 Å². The SMILES string of the molecule is NC1(c2ccc3ncccc3c2)NC(=NCC(F)(F)F)c2cc[nH]c2N1. The van der Waals surface area contributed by atoms with Gasteiger partial charge in [0, 0.05) is 23.3 Å². The number of H-pyrrole nitrogens is 1. The van der Waals surface area contributed by atoms with Gasteiger partial charge in [-0.1, -0.05) is 12.1 Å². The Labute approximate surface area is 146 Å². The van der Waals surface area contributed by atoms with Crippen molar-refractivity contribution < 1.29 is 13.2 Å². The highest BCUT2D eigenvalue weighted by Gasteiger charge is 2.36. The van der Waals surface area contributed by atoms with Gasteiger partial charge in [0.25, 0.3) is 0 Å². The maximum atomic E-state index is 12.6. The van der Waals surface area contributed by atoms with E-state index >= 15 is 0 Å². The predicted octanol–water partition coefficient (Wildman–Crippen LogP) is 2.66. The van der Waals surface area contributed by atoms with Gasteiger partial charge < -0.3 is 15.6 Å². The van der Waals surface area contributed by atoms with E-state index in [0.29, 0.717) is 16.9 Å². The number of nitrogens with one attached hydrogen (secondary N) is 3. The number of amidine groups is 1. The van der Waals surface area contributed by atoms with Gasteiger partial charge in [0.1, 0.15) is 18.2 Å². The first-order valence-corrected chi connectivity index (χ1v) is 7.83. The molecule has 3 heterocycles. The number of anilines is 1. The maximum Gasteiger partial charge on any atom is 0.408 e. The minimum Gasteiger partial charge on any atom is -0.348 e. The summed E-state index contributed by atoms with van der Waals surface area (Å²) in [4.78, 5) is 10.9. The Morgan fingerprint density at radius 1 is 1.15 bits per heavy atom. The summed E-state index contributed by atoms with van der Waals surface area (Å²) in [6.07, 6.45) is -1.11. The minimum absolute atomic E-state index is 0.0751. The first kappa shape index (κ1) is 16.4. The van der Waals surface area contributed by atoms with Gasteiger partial charge in [0.15, 0.2) is 5.79 Å². The van der Waals surface area contributed by atoms with Crippen LogP contribution < -0.4 is 16.4 Å². The summed E-state index contributed by atoms with van der Waals surface area (Å²) in [5.41, 5.74) is 8.38. The van der Waals surface area contributed by atoms with E-state index in [0.717, 1.165) is 10.9 Å². The molecule has 0 aliphatic carbocycles. The second kappa shape index (κ2) is 5.73. The molecule has 4 rings (SSSR count). The quantitative estimate of drug-likeness (QED) is 0.565. The molecule has 0 bridgehead atoms. The Morgan fingerprint density at radius 3 is 2.81 bits per heavy atom. The second-order valence-corrected chi connectivity index (χ2v) is 6.02. The van der Waals surface area contributed by atoms with Crippen molar-refractivity contribution in [1.82, 2.24) is 15.3 Å². The molecule has 0 fully saturated rings. The van der Waals surface area contributed by atoms with Gasteiger partial charge in [0.05, 0.1) is 11.1 Å². The third kappa shape index (κ3) is 2.97. The topological polar surface area (TPSA) is 91.1 Å². The zero-order valence-corrected chi connectivity index (χ0v) is 13.4. The molecule has 6 nitrogen and oxygen atoms in total. The van der Waals surface area contributed by atoms with Crippen molar-refractivity contribution in [1.29, 1.82) is 0 Å². The fraction of sp³-hybridized carbons (Fsp3) is 0.176. The van der Waals surface area contributed by atoms with Crippen molar-refractivity contribution in [2.75, 3.05) is 11.9 Å². The van der Waals surface area contributed by atoms with Crippen LogP contribution in [-0.4, -0.2) is 28.5 Å². The molecule has 26 heavy (non-hydrogen) atoms. The summed E-state index contributed by atoms with van der Waals surface area (Å²) in [6.45, 7) is -1.29. The molecule has 0 radical (unpaired) electrons. The van der Waals surface area contributed by atoms with E-state index in [1.54, 1.807) is 36.7 Å². The van der Waals surface area contributed by atoms with Gasteiger partial charge in [-0.15, -0.1) is 0 Å². The number of aromatic amines is 1. The van der Waals surface area contributed by atoms with Crippen LogP contribution in [-0.2, 0) is 5.79 Å². The fourth-order valence-electron chi connectivity index (χ4n) is 2.91. The zero-order valence-electron chi connectivity index (χ0n) is 13.4. The van der Waals surface area contributed by atoms with Crippen LogP contribution in [0.15, 0.2) is 53.8 Å². The molecule has 1 unspecified atom stereocenters. The summed E-state index contributed by atoms with van der Waals surface area (Å²) in [7, 11) is 0. The Balaban J connectivity index is 1.76. The van der Waals surface area contributed by atoms with E-state index in [-0.39, 0.29) is 5.84 Å². The van der Waals surface area contributed by atoms with Gasteiger partial charge >= 0.3 is 6.18 Å². The Morgan fingerprint density at radius 2 is 2.00 bits per heavy atom. The summed E-state index contributed by atoms with van der Waals surface area (Å²) in [5, 5.41) is 6.86. The number of hydrogen-bond acceptors (Lipinski definition) is 4. The van der Waals surface area contributed by atoms with Crippen molar-refractivity contribution in [2.45, 2.75) is 12.0 Å². The van der Waals surface area contributed by atoms with Crippen LogP contribution in [0.5, 0.6) is 0 Å². The molecular weight excluding hydrogens is 345 g/mol. The molecule has 0 saturated heterocycles. The number of rotatable bonds is 2. The Hall–Kier alpha value is -3.07. The molecule has 1 aliphatic rings. The van der Waals surface area contributed by atoms with E-state index in [2.05, 4.69) is 25.6 Å². The number of nitrogens with two attached hydrogens (primary N) is 1.